The summed E-state index contributed by atoms with van der Waals surface area (Å²) >= 11 is 0. The van der Waals surface area contributed by atoms with E-state index >= 15 is 0 Å². The molecule has 1 aromatic rings. The standard InChI is InChI=1S/C14H17NO/c1-9-8-12(9)14(16)15-13-7-6-10-4-2-3-5-11(10)13/h2-5,9,12-13H,6-8H2,1H3,(H,15,16). The third-order valence-corrected chi connectivity index (χ3v) is 3.90. The fraction of sp³-hybridized carbons (Fsp3) is 0.500. The number of hydrogen-bond acceptors (Lipinski definition) is 1. The Kier molecular flexibility index (Phi) is 2.23. The molecule has 0 bridgehead atoms. The van der Waals surface area contributed by atoms with E-state index in [4.69, 9.17) is 0 Å². The van der Waals surface area contributed by atoms with Crippen LogP contribution in [0.15, 0.2) is 24.3 Å². The van der Waals surface area contributed by atoms with Gasteiger partial charge in [-0.25, -0.2) is 0 Å². The van der Waals surface area contributed by atoms with Crippen LogP contribution in [-0.4, -0.2) is 5.91 Å². The monoisotopic (exact) mass is 215 g/mol. The van der Waals surface area contributed by atoms with Crippen LogP contribution in [0.2, 0.25) is 0 Å². The first-order chi connectivity index (χ1) is 7.75. The number of carbonyl (C=O) groups is 1. The Morgan fingerprint density at radius 3 is 2.88 bits per heavy atom. The van der Waals surface area contributed by atoms with E-state index in [1.54, 1.807) is 0 Å². The average Bonchev–Trinajstić information content (AvgIpc) is 2.89. The molecule has 2 nitrogen and oxygen atoms in total. The van der Waals surface area contributed by atoms with Gasteiger partial charge in [0.1, 0.15) is 0 Å². The summed E-state index contributed by atoms with van der Waals surface area (Å²) in [6.45, 7) is 2.15. The third-order valence-electron chi connectivity index (χ3n) is 3.90. The Morgan fingerprint density at radius 2 is 2.12 bits per heavy atom. The molecule has 0 heterocycles. The third kappa shape index (κ3) is 1.62. The smallest absolute Gasteiger partial charge is 0.223 e. The van der Waals surface area contributed by atoms with Gasteiger partial charge >= 0.3 is 0 Å². The van der Waals surface area contributed by atoms with Crippen LogP contribution >= 0.6 is 0 Å². The molecule has 0 aliphatic heterocycles. The fourth-order valence-electron chi connectivity index (χ4n) is 2.67. The summed E-state index contributed by atoms with van der Waals surface area (Å²) in [7, 11) is 0. The summed E-state index contributed by atoms with van der Waals surface area (Å²) in [5.74, 6) is 1.14. The van der Waals surface area contributed by atoms with E-state index in [1.807, 2.05) is 0 Å². The second-order valence-corrected chi connectivity index (χ2v) is 5.12. The molecule has 1 N–H and O–H groups in total. The van der Waals surface area contributed by atoms with Crippen molar-refractivity contribution in [1.29, 1.82) is 0 Å². The fourth-order valence-corrected chi connectivity index (χ4v) is 2.67. The molecule has 2 heteroatoms. The van der Waals surface area contributed by atoms with Gasteiger partial charge in [0.15, 0.2) is 0 Å². The highest BCUT2D eigenvalue weighted by molar-refractivity contribution is 5.82. The van der Waals surface area contributed by atoms with Crippen LogP contribution in [-0.2, 0) is 11.2 Å². The number of nitrogens with one attached hydrogen (secondary N) is 1. The highest BCUT2D eigenvalue weighted by atomic mass is 16.2. The molecule has 84 valence electrons. The van der Waals surface area contributed by atoms with Gasteiger partial charge in [-0.3, -0.25) is 4.79 Å². The quantitative estimate of drug-likeness (QED) is 0.806. The highest BCUT2D eigenvalue weighted by Gasteiger charge is 2.40. The minimum absolute atomic E-state index is 0.259. The summed E-state index contributed by atoms with van der Waals surface area (Å²) in [5.41, 5.74) is 2.72. The molecule has 3 atom stereocenters. The van der Waals surface area contributed by atoms with E-state index in [2.05, 4.69) is 36.5 Å². The van der Waals surface area contributed by atoms with Crippen molar-refractivity contribution in [2.75, 3.05) is 0 Å². The predicted molar refractivity (Wildman–Crippen MR) is 62.9 cm³/mol. The van der Waals surface area contributed by atoms with Crippen LogP contribution in [0.5, 0.6) is 0 Å². The number of amides is 1. The normalized spacial score (nSPS) is 30.9. The predicted octanol–water partition coefficient (Wildman–Crippen LogP) is 2.45. The van der Waals surface area contributed by atoms with Crippen LogP contribution in [0.25, 0.3) is 0 Å². The lowest BCUT2D eigenvalue weighted by molar-refractivity contribution is -0.123. The molecule has 0 saturated heterocycles. The molecule has 1 saturated carbocycles. The SMILES string of the molecule is CC1CC1C(=O)NC1CCc2ccccc21. The van der Waals surface area contributed by atoms with Crippen LogP contribution in [0.1, 0.15) is 36.9 Å². The van der Waals surface area contributed by atoms with Crippen LogP contribution in [0.4, 0.5) is 0 Å². The summed E-state index contributed by atoms with van der Waals surface area (Å²) in [5, 5.41) is 3.19. The lowest BCUT2D eigenvalue weighted by Gasteiger charge is -2.13. The Hall–Kier alpha value is -1.31. The van der Waals surface area contributed by atoms with Crippen molar-refractivity contribution in [3.63, 3.8) is 0 Å². The molecular weight excluding hydrogens is 198 g/mol. The summed E-state index contributed by atoms with van der Waals surface area (Å²) in [6, 6.07) is 8.70. The van der Waals surface area contributed by atoms with Gasteiger partial charge in [0.2, 0.25) is 5.91 Å². The number of carbonyl (C=O) groups excluding carboxylic acids is 1. The van der Waals surface area contributed by atoms with Gasteiger partial charge in [-0.1, -0.05) is 31.2 Å². The van der Waals surface area contributed by atoms with Gasteiger partial charge in [0, 0.05) is 5.92 Å². The molecule has 0 radical (unpaired) electrons. The lowest BCUT2D eigenvalue weighted by Crippen LogP contribution is -2.28. The van der Waals surface area contributed by atoms with Gasteiger partial charge < -0.3 is 5.32 Å². The van der Waals surface area contributed by atoms with E-state index in [0.29, 0.717) is 5.92 Å². The molecule has 0 aromatic heterocycles. The number of aryl methyl sites for hydroxylation is 1. The van der Waals surface area contributed by atoms with Crippen molar-refractivity contribution in [3.8, 4) is 0 Å². The van der Waals surface area contributed by atoms with Crippen LogP contribution in [0.3, 0.4) is 0 Å². The zero-order chi connectivity index (χ0) is 11.1. The topological polar surface area (TPSA) is 29.1 Å². The molecule has 1 aromatic carbocycles. The lowest BCUT2D eigenvalue weighted by atomic mass is 10.1. The van der Waals surface area contributed by atoms with Crippen molar-refractivity contribution in [1.82, 2.24) is 5.32 Å². The molecule has 3 rings (SSSR count). The maximum atomic E-state index is 11.9. The van der Waals surface area contributed by atoms with E-state index in [-0.39, 0.29) is 17.9 Å². The summed E-state index contributed by atoms with van der Waals surface area (Å²) in [6.07, 6.45) is 3.23. The Labute approximate surface area is 96.1 Å². The first-order valence-corrected chi connectivity index (χ1v) is 6.14. The molecule has 1 fully saturated rings. The van der Waals surface area contributed by atoms with Crippen molar-refractivity contribution < 1.29 is 4.79 Å². The summed E-state index contributed by atoms with van der Waals surface area (Å²) < 4.78 is 0. The molecular formula is C14H17NO. The molecule has 16 heavy (non-hydrogen) atoms. The Morgan fingerprint density at radius 1 is 1.38 bits per heavy atom. The molecule has 1 amide bonds. The average molecular weight is 215 g/mol. The van der Waals surface area contributed by atoms with E-state index in [1.165, 1.54) is 11.1 Å². The maximum Gasteiger partial charge on any atom is 0.223 e. The van der Waals surface area contributed by atoms with Gasteiger partial charge in [-0.05, 0) is 36.3 Å². The largest absolute Gasteiger partial charge is 0.349 e. The van der Waals surface area contributed by atoms with Crippen molar-refractivity contribution in [3.05, 3.63) is 35.4 Å². The van der Waals surface area contributed by atoms with Gasteiger partial charge in [0.25, 0.3) is 0 Å². The van der Waals surface area contributed by atoms with E-state index in [0.717, 1.165) is 19.3 Å². The van der Waals surface area contributed by atoms with E-state index in [9.17, 15) is 4.79 Å². The van der Waals surface area contributed by atoms with Crippen molar-refractivity contribution in [2.24, 2.45) is 11.8 Å². The van der Waals surface area contributed by atoms with Gasteiger partial charge in [-0.2, -0.15) is 0 Å². The number of fused-ring (bicyclic) bond motifs is 1. The Balaban J connectivity index is 1.71. The zero-order valence-electron chi connectivity index (χ0n) is 9.57. The summed E-state index contributed by atoms with van der Waals surface area (Å²) in [4.78, 5) is 11.9. The zero-order valence-corrected chi connectivity index (χ0v) is 9.57. The molecule has 2 aliphatic carbocycles. The van der Waals surface area contributed by atoms with Gasteiger partial charge in [0.05, 0.1) is 6.04 Å². The highest BCUT2D eigenvalue weighted by Crippen LogP contribution is 2.39. The number of rotatable bonds is 2. The number of hydrogen-bond donors (Lipinski definition) is 1. The molecule has 0 spiro atoms. The minimum atomic E-state index is 0.259. The second kappa shape index (κ2) is 3.62. The number of benzene rings is 1. The first kappa shape index (κ1) is 9.88. The maximum absolute atomic E-state index is 11.9. The molecule has 3 unspecified atom stereocenters. The van der Waals surface area contributed by atoms with E-state index < -0.39 is 0 Å². The van der Waals surface area contributed by atoms with Gasteiger partial charge in [-0.15, -0.1) is 0 Å². The first-order valence-electron chi connectivity index (χ1n) is 6.14. The van der Waals surface area contributed by atoms with Crippen LogP contribution < -0.4 is 5.32 Å². The minimum Gasteiger partial charge on any atom is -0.349 e. The van der Waals surface area contributed by atoms with Crippen LogP contribution in [0, 0.1) is 11.8 Å². The van der Waals surface area contributed by atoms with Crippen molar-refractivity contribution >= 4 is 5.91 Å². The Bertz CT molecular complexity index is 426. The molecule has 2 aliphatic rings. The van der Waals surface area contributed by atoms with Crippen molar-refractivity contribution in [2.45, 2.75) is 32.2 Å². The second-order valence-electron chi connectivity index (χ2n) is 5.12.